The highest BCUT2D eigenvalue weighted by Crippen LogP contribution is 2.31. The Balaban J connectivity index is 1.60. The van der Waals surface area contributed by atoms with Crippen LogP contribution in [0.15, 0.2) is 48.5 Å². The Morgan fingerprint density at radius 2 is 1.78 bits per heavy atom. The van der Waals surface area contributed by atoms with Gasteiger partial charge in [0, 0.05) is 16.8 Å². The van der Waals surface area contributed by atoms with Crippen molar-refractivity contribution in [3.63, 3.8) is 0 Å². The minimum atomic E-state index is -1.04. The van der Waals surface area contributed by atoms with Crippen molar-refractivity contribution in [3.8, 4) is 28.3 Å². The number of carbonyl (C=O) groups is 1. The number of rotatable bonds is 7. The van der Waals surface area contributed by atoms with Gasteiger partial charge in [-0.1, -0.05) is 55.5 Å². The predicted octanol–water partition coefficient (Wildman–Crippen LogP) is 4.39. The van der Waals surface area contributed by atoms with Gasteiger partial charge in [0.15, 0.2) is 0 Å². The summed E-state index contributed by atoms with van der Waals surface area (Å²) in [7, 11) is 0. The highest BCUT2D eigenvalue weighted by atomic mass is 16.5. The predicted molar refractivity (Wildman–Crippen MR) is 119 cm³/mol. The number of nitrogens with one attached hydrogen (secondary N) is 1. The molecule has 32 heavy (non-hydrogen) atoms. The second-order valence-electron chi connectivity index (χ2n) is 7.40. The molecule has 2 aromatic heterocycles. The molecule has 0 radical (unpaired) electrons. The van der Waals surface area contributed by atoms with Crippen molar-refractivity contribution in [1.82, 2.24) is 25.6 Å². The molecule has 4 aromatic rings. The van der Waals surface area contributed by atoms with E-state index in [1.807, 2.05) is 62.4 Å². The smallest absolute Gasteiger partial charge is 0.341 e. The fourth-order valence-electron chi connectivity index (χ4n) is 3.74. The average Bonchev–Trinajstić information content (AvgIpc) is 3.34. The first-order valence-electron chi connectivity index (χ1n) is 10.3. The largest absolute Gasteiger partial charge is 0.488 e. The van der Waals surface area contributed by atoms with Gasteiger partial charge in [-0.15, -0.1) is 10.2 Å². The Bertz CT molecular complexity index is 1250. The maximum atomic E-state index is 11.8. The number of nitrogens with zero attached hydrogens (tertiary/aromatic N) is 4. The molecule has 0 aliphatic rings. The Hall–Kier alpha value is -4.07. The molecule has 0 aliphatic heterocycles. The number of H-pyrrole nitrogens is 1. The van der Waals surface area contributed by atoms with Crippen LogP contribution in [0.3, 0.4) is 0 Å². The summed E-state index contributed by atoms with van der Waals surface area (Å²) < 4.78 is 6.01. The molecule has 8 heteroatoms. The molecule has 2 heterocycles. The van der Waals surface area contributed by atoms with Crippen molar-refractivity contribution < 1.29 is 14.6 Å². The van der Waals surface area contributed by atoms with Crippen LogP contribution in [0.25, 0.3) is 22.5 Å². The SMILES string of the molecule is CCc1nc(C)c(C(=O)O)c(OCc2ccc(-c3ccccc3-c3nn[nH]n3)cc2)c1C. The van der Waals surface area contributed by atoms with Gasteiger partial charge in [-0.2, -0.15) is 5.21 Å². The number of tetrazole rings is 1. The van der Waals surface area contributed by atoms with E-state index in [2.05, 4.69) is 25.6 Å². The monoisotopic (exact) mass is 429 g/mol. The van der Waals surface area contributed by atoms with E-state index in [-0.39, 0.29) is 12.2 Å². The maximum absolute atomic E-state index is 11.8. The molecular weight excluding hydrogens is 406 g/mol. The molecule has 0 saturated carbocycles. The summed E-state index contributed by atoms with van der Waals surface area (Å²) >= 11 is 0. The molecule has 0 amide bonds. The number of carboxylic acid groups (broad SMARTS) is 1. The molecule has 4 rings (SSSR count). The van der Waals surface area contributed by atoms with Crippen molar-refractivity contribution in [3.05, 3.63) is 76.6 Å². The lowest BCUT2D eigenvalue weighted by Crippen LogP contribution is -2.11. The number of aryl methyl sites for hydroxylation is 2. The molecule has 2 aromatic carbocycles. The molecule has 0 fully saturated rings. The summed E-state index contributed by atoms with van der Waals surface area (Å²) in [6, 6.07) is 15.8. The van der Waals surface area contributed by atoms with Crippen LogP contribution in [0.2, 0.25) is 0 Å². The summed E-state index contributed by atoms with van der Waals surface area (Å²) in [5, 5.41) is 24.0. The molecule has 162 valence electrons. The van der Waals surface area contributed by atoms with Crippen LogP contribution >= 0.6 is 0 Å². The highest BCUT2D eigenvalue weighted by molar-refractivity contribution is 5.92. The van der Waals surface area contributed by atoms with Crippen molar-refractivity contribution in [2.45, 2.75) is 33.8 Å². The average molecular weight is 429 g/mol. The molecule has 8 nitrogen and oxygen atoms in total. The van der Waals surface area contributed by atoms with E-state index >= 15 is 0 Å². The minimum absolute atomic E-state index is 0.116. The molecule has 0 spiro atoms. The molecular formula is C24H23N5O3. The second-order valence-corrected chi connectivity index (χ2v) is 7.40. The lowest BCUT2D eigenvalue weighted by atomic mass is 9.98. The van der Waals surface area contributed by atoms with E-state index in [1.54, 1.807) is 6.92 Å². The first-order chi connectivity index (χ1) is 15.5. The Morgan fingerprint density at radius 1 is 1.06 bits per heavy atom. The third-order valence-electron chi connectivity index (χ3n) is 5.38. The first-order valence-corrected chi connectivity index (χ1v) is 10.3. The van der Waals surface area contributed by atoms with Gasteiger partial charge in [-0.3, -0.25) is 4.98 Å². The standard InChI is InChI=1S/C24H23N5O3/c1-4-20-14(2)22(21(24(30)31)15(3)25-20)32-13-16-9-11-17(12-10-16)18-7-5-6-8-19(18)23-26-28-29-27-23/h5-12H,4,13H2,1-3H3,(H,30,31)(H,26,27,28,29). The van der Waals surface area contributed by atoms with Crippen molar-refractivity contribution in [2.75, 3.05) is 0 Å². The van der Waals surface area contributed by atoms with Crippen LogP contribution in [-0.4, -0.2) is 36.7 Å². The number of ether oxygens (including phenoxy) is 1. The number of hydrogen-bond acceptors (Lipinski definition) is 6. The number of benzene rings is 2. The Labute approximate surface area is 185 Å². The number of hydrogen-bond donors (Lipinski definition) is 2. The normalized spacial score (nSPS) is 10.8. The van der Waals surface area contributed by atoms with Crippen LogP contribution in [0.1, 0.15) is 39.8 Å². The molecule has 0 unspecified atom stereocenters. The van der Waals surface area contributed by atoms with Crippen LogP contribution in [0.4, 0.5) is 0 Å². The van der Waals surface area contributed by atoms with Crippen LogP contribution in [0, 0.1) is 13.8 Å². The summed E-state index contributed by atoms with van der Waals surface area (Å²) in [6.45, 7) is 5.79. The Morgan fingerprint density at radius 3 is 2.41 bits per heavy atom. The van der Waals surface area contributed by atoms with E-state index in [9.17, 15) is 9.90 Å². The van der Waals surface area contributed by atoms with E-state index in [0.717, 1.165) is 33.5 Å². The van der Waals surface area contributed by atoms with Crippen LogP contribution in [0.5, 0.6) is 5.75 Å². The number of carboxylic acids is 1. The summed E-state index contributed by atoms with van der Waals surface area (Å²) in [5.74, 6) is -0.123. The van der Waals surface area contributed by atoms with Gasteiger partial charge in [0.2, 0.25) is 5.82 Å². The summed E-state index contributed by atoms with van der Waals surface area (Å²) in [4.78, 5) is 16.2. The zero-order valence-corrected chi connectivity index (χ0v) is 18.1. The zero-order valence-electron chi connectivity index (χ0n) is 18.1. The first kappa shape index (κ1) is 21.2. The van der Waals surface area contributed by atoms with Gasteiger partial charge in [0.1, 0.15) is 17.9 Å². The summed E-state index contributed by atoms with van der Waals surface area (Å²) in [6.07, 6.45) is 0.706. The van der Waals surface area contributed by atoms with Crippen LogP contribution < -0.4 is 4.74 Å². The van der Waals surface area contributed by atoms with E-state index in [0.29, 0.717) is 23.7 Å². The molecule has 0 bridgehead atoms. The lowest BCUT2D eigenvalue weighted by molar-refractivity contribution is 0.0690. The van der Waals surface area contributed by atoms with Gasteiger partial charge in [0.05, 0.1) is 5.69 Å². The van der Waals surface area contributed by atoms with Crippen molar-refractivity contribution in [2.24, 2.45) is 0 Å². The van der Waals surface area contributed by atoms with Crippen molar-refractivity contribution >= 4 is 5.97 Å². The van der Waals surface area contributed by atoms with Gasteiger partial charge in [0.25, 0.3) is 0 Å². The second kappa shape index (κ2) is 8.97. The van der Waals surface area contributed by atoms with Crippen LogP contribution in [-0.2, 0) is 13.0 Å². The van der Waals surface area contributed by atoms with E-state index < -0.39 is 5.97 Å². The number of pyridine rings is 1. The molecule has 0 saturated heterocycles. The molecule has 2 N–H and O–H groups in total. The maximum Gasteiger partial charge on any atom is 0.341 e. The third kappa shape index (κ3) is 4.07. The third-order valence-corrected chi connectivity index (χ3v) is 5.38. The van der Waals surface area contributed by atoms with Gasteiger partial charge in [-0.05, 0) is 42.2 Å². The van der Waals surface area contributed by atoms with E-state index in [1.165, 1.54) is 0 Å². The Kier molecular flexibility index (Phi) is 5.93. The van der Waals surface area contributed by atoms with Crippen molar-refractivity contribution in [1.29, 1.82) is 0 Å². The highest BCUT2D eigenvalue weighted by Gasteiger charge is 2.21. The zero-order chi connectivity index (χ0) is 22.7. The quantitative estimate of drug-likeness (QED) is 0.448. The fourth-order valence-corrected chi connectivity index (χ4v) is 3.74. The fraction of sp³-hybridized carbons (Fsp3) is 0.208. The topological polar surface area (TPSA) is 114 Å². The van der Waals surface area contributed by atoms with E-state index in [4.69, 9.17) is 4.74 Å². The minimum Gasteiger partial charge on any atom is -0.488 e. The number of aromatic carboxylic acids is 1. The molecule has 0 aliphatic carbocycles. The van der Waals surface area contributed by atoms with Gasteiger partial charge in [-0.25, -0.2) is 4.79 Å². The molecule has 0 atom stereocenters. The summed E-state index contributed by atoms with van der Waals surface area (Å²) in [5.41, 5.74) is 5.98. The lowest BCUT2D eigenvalue weighted by Gasteiger charge is -2.16. The number of aromatic amines is 1. The van der Waals surface area contributed by atoms with Gasteiger partial charge >= 0.3 is 5.97 Å². The van der Waals surface area contributed by atoms with Gasteiger partial charge < -0.3 is 9.84 Å². The number of aromatic nitrogens is 5.